The third kappa shape index (κ3) is 4.32. The number of amides is 1. The number of carbonyl (C=O) groups excluding carboxylic acids is 1. The fourth-order valence-electron chi connectivity index (χ4n) is 3.34. The first kappa shape index (κ1) is 21.4. The zero-order chi connectivity index (χ0) is 18.7. The van der Waals surface area contributed by atoms with Gasteiger partial charge in [-0.3, -0.25) is 4.79 Å². The van der Waals surface area contributed by atoms with Crippen LogP contribution in [0.25, 0.3) is 0 Å². The van der Waals surface area contributed by atoms with Crippen molar-refractivity contribution in [3.63, 3.8) is 0 Å². The number of ether oxygens (including phenoxy) is 2. The van der Waals surface area contributed by atoms with Gasteiger partial charge in [0.1, 0.15) is 0 Å². The topological polar surface area (TPSA) is 50.8 Å². The van der Waals surface area contributed by atoms with Crippen molar-refractivity contribution >= 4 is 29.9 Å². The minimum absolute atomic E-state index is 0. The average Bonchev–Trinajstić information content (AvgIpc) is 2.67. The molecule has 0 spiro atoms. The predicted molar refractivity (Wildman–Crippen MR) is 110 cm³/mol. The van der Waals surface area contributed by atoms with Gasteiger partial charge in [0.15, 0.2) is 11.5 Å². The Kier molecular flexibility index (Phi) is 7.36. The molecule has 146 valence electrons. The Hall–Kier alpha value is -1.95. The molecule has 1 aliphatic heterocycles. The number of halogens is 2. The van der Waals surface area contributed by atoms with Crippen molar-refractivity contribution in [3.8, 4) is 11.5 Å². The van der Waals surface area contributed by atoms with Gasteiger partial charge >= 0.3 is 0 Å². The molecular formula is C20H24Cl2N2O3. The van der Waals surface area contributed by atoms with E-state index in [9.17, 15) is 4.79 Å². The molecule has 1 heterocycles. The molecule has 27 heavy (non-hydrogen) atoms. The molecule has 1 amide bonds. The molecule has 0 aromatic heterocycles. The number of carbonyl (C=O) groups is 1. The first-order valence-corrected chi connectivity index (χ1v) is 8.93. The van der Waals surface area contributed by atoms with Gasteiger partial charge in [0.05, 0.1) is 20.3 Å². The van der Waals surface area contributed by atoms with Crippen molar-refractivity contribution in [1.82, 2.24) is 10.2 Å². The number of hydrogen-bond donors (Lipinski definition) is 1. The molecule has 0 bridgehead atoms. The molecule has 3 rings (SSSR count). The summed E-state index contributed by atoms with van der Waals surface area (Å²) in [7, 11) is 3.15. The van der Waals surface area contributed by atoms with E-state index in [1.165, 1.54) is 0 Å². The molecule has 1 atom stereocenters. The van der Waals surface area contributed by atoms with Crippen LogP contribution in [0.5, 0.6) is 11.5 Å². The summed E-state index contributed by atoms with van der Waals surface area (Å²) < 4.78 is 10.7. The molecular weight excluding hydrogens is 387 g/mol. The summed E-state index contributed by atoms with van der Waals surface area (Å²) in [6, 6.07) is 11.1. The molecule has 1 unspecified atom stereocenters. The van der Waals surface area contributed by atoms with E-state index >= 15 is 0 Å². The van der Waals surface area contributed by atoms with Crippen LogP contribution in [0.15, 0.2) is 36.4 Å². The highest BCUT2D eigenvalue weighted by Gasteiger charge is 2.31. The molecule has 0 aliphatic carbocycles. The summed E-state index contributed by atoms with van der Waals surface area (Å²) in [5.41, 5.74) is 2.42. The highest BCUT2D eigenvalue weighted by Crippen LogP contribution is 2.34. The van der Waals surface area contributed by atoms with Gasteiger partial charge < -0.3 is 19.7 Å². The number of methoxy groups -OCH3 is 2. The minimum Gasteiger partial charge on any atom is -0.493 e. The third-order valence-electron chi connectivity index (χ3n) is 4.73. The zero-order valence-electron chi connectivity index (χ0n) is 15.6. The lowest BCUT2D eigenvalue weighted by Crippen LogP contribution is -2.48. The minimum atomic E-state index is -0.113. The average molecular weight is 411 g/mol. The van der Waals surface area contributed by atoms with E-state index in [1.54, 1.807) is 20.3 Å². The third-order valence-corrected chi connectivity index (χ3v) is 5.07. The van der Waals surface area contributed by atoms with E-state index in [-0.39, 0.29) is 24.4 Å². The van der Waals surface area contributed by atoms with Crippen molar-refractivity contribution in [2.75, 3.05) is 33.9 Å². The second-order valence-corrected chi connectivity index (χ2v) is 6.67. The number of rotatable bonds is 4. The van der Waals surface area contributed by atoms with Crippen molar-refractivity contribution in [1.29, 1.82) is 0 Å². The Labute approximate surface area is 171 Å². The lowest BCUT2D eigenvalue weighted by Gasteiger charge is -2.37. The van der Waals surface area contributed by atoms with Crippen molar-refractivity contribution < 1.29 is 14.3 Å². The normalized spacial score (nSPS) is 16.4. The second-order valence-electron chi connectivity index (χ2n) is 6.26. The van der Waals surface area contributed by atoms with Gasteiger partial charge in [-0.25, -0.2) is 0 Å². The van der Waals surface area contributed by atoms with Crippen LogP contribution in [0.2, 0.25) is 5.02 Å². The lowest BCUT2D eigenvalue weighted by atomic mass is 10.00. The molecule has 5 nitrogen and oxygen atoms in total. The molecule has 0 radical (unpaired) electrons. The SMILES string of the molecule is COc1cc(C)c(C(=O)N2CCNCC2c2ccccc2Cl)cc1OC.Cl. The maximum absolute atomic E-state index is 13.3. The van der Waals surface area contributed by atoms with Crippen LogP contribution in [-0.2, 0) is 0 Å². The van der Waals surface area contributed by atoms with Gasteiger partial charge in [-0.05, 0) is 36.2 Å². The summed E-state index contributed by atoms with van der Waals surface area (Å²) in [6.07, 6.45) is 0. The molecule has 2 aromatic carbocycles. The van der Waals surface area contributed by atoms with Crippen molar-refractivity contribution in [2.24, 2.45) is 0 Å². The summed E-state index contributed by atoms with van der Waals surface area (Å²) in [5, 5.41) is 4.02. The van der Waals surface area contributed by atoms with Crippen LogP contribution >= 0.6 is 24.0 Å². The number of nitrogens with zero attached hydrogens (tertiary/aromatic N) is 1. The Bertz CT molecular complexity index is 814. The molecule has 1 aliphatic rings. The number of aryl methyl sites for hydroxylation is 1. The highest BCUT2D eigenvalue weighted by atomic mass is 35.5. The fraction of sp³-hybridized carbons (Fsp3) is 0.350. The van der Waals surface area contributed by atoms with Gasteiger partial charge in [0, 0.05) is 30.2 Å². The first-order valence-electron chi connectivity index (χ1n) is 8.55. The van der Waals surface area contributed by atoms with Crippen LogP contribution in [0.3, 0.4) is 0 Å². The maximum atomic E-state index is 13.3. The van der Waals surface area contributed by atoms with Crippen LogP contribution in [0, 0.1) is 6.92 Å². The molecule has 1 saturated heterocycles. The fourth-order valence-corrected chi connectivity index (χ4v) is 3.60. The quantitative estimate of drug-likeness (QED) is 0.830. The largest absolute Gasteiger partial charge is 0.493 e. The second kappa shape index (κ2) is 9.31. The van der Waals surface area contributed by atoms with Crippen molar-refractivity contribution in [3.05, 3.63) is 58.1 Å². The molecule has 0 saturated carbocycles. The van der Waals surface area contributed by atoms with Crippen LogP contribution in [0.1, 0.15) is 27.5 Å². The number of benzene rings is 2. The standard InChI is InChI=1S/C20H23ClN2O3.ClH/c1-13-10-18(25-2)19(26-3)11-15(13)20(24)23-9-8-22-12-17(23)14-6-4-5-7-16(14)21;/h4-7,10-11,17,22H,8-9,12H2,1-3H3;1H. The predicted octanol–water partition coefficient (Wildman–Crippen LogP) is 3.87. The van der Waals surface area contributed by atoms with E-state index in [0.29, 0.717) is 35.2 Å². The van der Waals surface area contributed by atoms with Gasteiger partial charge in [-0.2, -0.15) is 0 Å². The van der Waals surface area contributed by atoms with Gasteiger partial charge in [-0.1, -0.05) is 29.8 Å². The number of hydrogen-bond acceptors (Lipinski definition) is 4. The highest BCUT2D eigenvalue weighted by molar-refractivity contribution is 6.31. The van der Waals surface area contributed by atoms with Gasteiger partial charge in [0.2, 0.25) is 0 Å². The Morgan fingerprint density at radius 3 is 2.52 bits per heavy atom. The summed E-state index contributed by atoms with van der Waals surface area (Å²) in [6.45, 7) is 3.94. The van der Waals surface area contributed by atoms with E-state index in [2.05, 4.69) is 5.32 Å². The van der Waals surface area contributed by atoms with Crippen molar-refractivity contribution in [2.45, 2.75) is 13.0 Å². The molecule has 7 heteroatoms. The summed E-state index contributed by atoms with van der Waals surface area (Å²) in [4.78, 5) is 15.2. The zero-order valence-corrected chi connectivity index (χ0v) is 17.2. The van der Waals surface area contributed by atoms with E-state index < -0.39 is 0 Å². The number of piperazine rings is 1. The Morgan fingerprint density at radius 2 is 1.85 bits per heavy atom. The molecule has 1 N–H and O–H groups in total. The molecule has 2 aromatic rings. The smallest absolute Gasteiger partial charge is 0.254 e. The Morgan fingerprint density at radius 1 is 1.19 bits per heavy atom. The van der Waals surface area contributed by atoms with Crippen LogP contribution < -0.4 is 14.8 Å². The summed E-state index contributed by atoms with van der Waals surface area (Å²) >= 11 is 6.39. The van der Waals surface area contributed by atoms with Crippen LogP contribution in [-0.4, -0.2) is 44.7 Å². The number of nitrogens with one attached hydrogen (secondary N) is 1. The maximum Gasteiger partial charge on any atom is 0.254 e. The van der Waals surface area contributed by atoms with E-state index in [1.807, 2.05) is 42.2 Å². The summed E-state index contributed by atoms with van der Waals surface area (Å²) in [5.74, 6) is 1.13. The van der Waals surface area contributed by atoms with Gasteiger partial charge in [-0.15, -0.1) is 12.4 Å². The Balaban J connectivity index is 0.00000261. The van der Waals surface area contributed by atoms with E-state index in [0.717, 1.165) is 17.7 Å². The monoisotopic (exact) mass is 410 g/mol. The first-order chi connectivity index (χ1) is 12.6. The van der Waals surface area contributed by atoms with Crippen LogP contribution in [0.4, 0.5) is 0 Å². The molecule has 1 fully saturated rings. The lowest BCUT2D eigenvalue weighted by molar-refractivity contribution is 0.0633. The van der Waals surface area contributed by atoms with E-state index in [4.69, 9.17) is 21.1 Å². The van der Waals surface area contributed by atoms with Gasteiger partial charge in [0.25, 0.3) is 5.91 Å².